The molecule has 0 amide bonds. The highest BCUT2D eigenvalue weighted by molar-refractivity contribution is 5.88. The zero-order valence-corrected chi connectivity index (χ0v) is 15.0. The molecule has 0 atom stereocenters. The Bertz CT molecular complexity index is 1160. The van der Waals surface area contributed by atoms with Crippen molar-refractivity contribution in [1.29, 1.82) is 0 Å². The minimum absolute atomic E-state index is 0.255. The number of nitrogens with one attached hydrogen (secondary N) is 1. The Morgan fingerprint density at radius 1 is 1.04 bits per heavy atom. The second-order valence-corrected chi connectivity index (χ2v) is 7.01. The molecule has 0 aliphatic heterocycles. The summed E-state index contributed by atoms with van der Waals surface area (Å²) in [5.41, 5.74) is 4.81. The van der Waals surface area contributed by atoms with Crippen LogP contribution in [-0.4, -0.2) is 25.7 Å². The number of hydrogen-bond acceptors (Lipinski definition) is 4. The van der Waals surface area contributed by atoms with E-state index in [4.69, 9.17) is 15.2 Å². The van der Waals surface area contributed by atoms with Gasteiger partial charge >= 0.3 is 5.97 Å². The summed E-state index contributed by atoms with van der Waals surface area (Å²) in [5.74, 6) is 0.383. The Kier molecular flexibility index (Phi) is 3.83. The van der Waals surface area contributed by atoms with E-state index in [0.717, 1.165) is 34.1 Å². The first-order valence-corrected chi connectivity index (χ1v) is 9.24. The highest BCUT2D eigenvalue weighted by atomic mass is 16.4. The van der Waals surface area contributed by atoms with Crippen LogP contribution in [0.25, 0.3) is 16.9 Å². The second-order valence-electron chi connectivity index (χ2n) is 7.01. The number of carboxylic acid groups (broad SMARTS) is 1. The first-order chi connectivity index (χ1) is 13.7. The van der Waals surface area contributed by atoms with E-state index in [1.165, 1.54) is 12.8 Å². The van der Waals surface area contributed by atoms with Crippen LogP contribution >= 0.6 is 0 Å². The van der Waals surface area contributed by atoms with Gasteiger partial charge in [0.1, 0.15) is 5.82 Å². The van der Waals surface area contributed by atoms with Crippen LogP contribution in [0.15, 0.2) is 66.7 Å². The third kappa shape index (κ3) is 3.09. The van der Waals surface area contributed by atoms with E-state index in [1.54, 1.807) is 24.3 Å². The Morgan fingerprint density at radius 2 is 1.79 bits per heavy atom. The Labute approximate surface area is 161 Å². The highest BCUT2D eigenvalue weighted by Gasteiger charge is 2.27. The molecular weight excluding hydrogens is 352 g/mol. The van der Waals surface area contributed by atoms with Gasteiger partial charge in [-0.15, -0.1) is 0 Å². The van der Waals surface area contributed by atoms with Crippen LogP contribution in [0, 0.1) is 0 Å². The van der Waals surface area contributed by atoms with Gasteiger partial charge in [0.25, 0.3) is 0 Å². The Balaban J connectivity index is 1.59. The number of aromatic nitrogens is 3. The van der Waals surface area contributed by atoms with Gasteiger partial charge in [-0.2, -0.15) is 9.61 Å². The van der Waals surface area contributed by atoms with Crippen LogP contribution in [-0.2, 0) is 0 Å². The van der Waals surface area contributed by atoms with Crippen molar-refractivity contribution < 1.29 is 9.90 Å². The lowest BCUT2D eigenvalue weighted by Crippen LogP contribution is -2.03. The monoisotopic (exact) mass is 370 g/mol. The standard InChI is InChI=1S/C22H18N4O2/c27-22(28)16-8-10-17(11-9-16)23-20-12-18(14-4-2-1-3-5-14)24-21-13-19(15-6-7-15)25-26(20)21/h1-5,8-13,15,23H,6-7H2,(H,27,28). The summed E-state index contributed by atoms with van der Waals surface area (Å²) in [6, 6.07) is 20.7. The van der Waals surface area contributed by atoms with Gasteiger partial charge in [-0.25, -0.2) is 9.78 Å². The normalized spacial score (nSPS) is 13.6. The van der Waals surface area contributed by atoms with Crippen LogP contribution < -0.4 is 5.32 Å². The first kappa shape index (κ1) is 16.5. The summed E-state index contributed by atoms with van der Waals surface area (Å²) in [6.45, 7) is 0. The maximum Gasteiger partial charge on any atom is 0.335 e. The molecule has 0 bridgehead atoms. The van der Waals surface area contributed by atoms with Crippen LogP contribution in [0.1, 0.15) is 34.8 Å². The van der Waals surface area contributed by atoms with Crippen molar-refractivity contribution in [3.63, 3.8) is 0 Å². The molecule has 5 rings (SSSR count). The first-order valence-electron chi connectivity index (χ1n) is 9.24. The van der Waals surface area contributed by atoms with E-state index < -0.39 is 5.97 Å². The van der Waals surface area contributed by atoms with Gasteiger partial charge in [-0.1, -0.05) is 30.3 Å². The maximum atomic E-state index is 11.1. The lowest BCUT2D eigenvalue weighted by Gasteiger charge is -2.11. The van der Waals surface area contributed by atoms with Gasteiger partial charge in [0.2, 0.25) is 0 Å². The van der Waals surface area contributed by atoms with E-state index >= 15 is 0 Å². The van der Waals surface area contributed by atoms with Gasteiger partial charge in [0, 0.05) is 29.3 Å². The zero-order valence-electron chi connectivity index (χ0n) is 15.0. The van der Waals surface area contributed by atoms with Gasteiger partial charge in [0.15, 0.2) is 5.65 Å². The number of aromatic carboxylic acids is 1. The summed E-state index contributed by atoms with van der Waals surface area (Å²) in [4.78, 5) is 15.9. The van der Waals surface area contributed by atoms with E-state index in [9.17, 15) is 4.79 Å². The second kappa shape index (κ2) is 6.49. The van der Waals surface area contributed by atoms with Gasteiger partial charge in [-0.3, -0.25) is 0 Å². The molecule has 0 radical (unpaired) electrons. The zero-order chi connectivity index (χ0) is 19.1. The average molecular weight is 370 g/mol. The fourth-order valence-corrected chi connectivity index (χ4v) is 3.26. The highest BCUT2D eigenvalue weighted by Crippen LogP contribution is 2.40. The SMILES string of the molecule is O=C(O)c1ccc(Nc2cc(-c3ccccc3)nc3cc(C4CC4)nn23)cc1. The number of anilines is 2. The number of carboxylic acids is 1. The molecule has 6 heteroatoms. The van der Waals surface area contributed by atoms with E-state index in [2.05, 4.69) is 11.4 Å². The number of nitrogens with zero attached hydrogens (tertiary/aromatic N) is 3. The molecule has 4 aromatic rings. The number of fused-ring (bicyclic) bond motifs is 1. The molecule has 2 aromatic heterocycles. The van der Waals surface area contributed by atoms with Crippen molar-refractivity contribution in [1.82, 2.24) is 14.6 Å². The summed E-state index contributed by atoms with van der Waals surface area (Å²) < 4.78 is 1.82. The maximum absolute atomic E-state index is 11.1. The minimum Gasteiger partial charge on any atom is -0.478 e. The number of benzene rings is 2. The van der Waals surface area contributed by atoms with Crippen molar-refractivity contribution in [3.05, 3.63) is 78.0 Å². The molecule has 2 N–H and O–H groups in total. The van der Waals surface area contributed by atoms with Crippen LogP contribution in [0.4, 0.5) is 11.5 Å². The molecule has 0 unspecified atom stereocenters. The molecule has 28 heavy (non-hydrogen) atoms. The van der Waals surface area contributed by atoms with Crippen molar-refractivity contribution in [2.45, 2.75) is 18.8 Å². The van der Waals surface area contributed by atoms with Gasteiger partial charge < -0.3 is 10.4 Å². The molecule has 0 saturated heterocycles. The summed E-state index contributed by atoms with van der Waals surface area (Å²) in [5, 5.41) is 17.2. The number of rotatable bonds is 5. The van der Waals surface area contributed by atoms with Crippen molar-refractivity contribution in [2.24, 2.45) is 0 Å². The minimum atomic E-state index is -0.939. The molecule has 6 nitrogen and oxygen atoms in total. The van der Waals surface area contributed by atoms with Crippen LogP contribution in [0.5, 0.6) is 0 Å². The molecular formula is C22H18N4O2. The third-order valence-electron chi connectivity index (χ3n) is 4.92. The van der Waals surface area contributed by atoms with E-state index in [0.29, 0.717) is 5.92 Å². The molecule has 2 aromatic carbocycles. The molecule has 138 valence electrons. The average Bonchev–Trinajstić information content (AvgIpc) is 3.48. The smallest absolute Gasteiger partial charge is 0.335 e. The lowest BCUT2D eigenvalue weighted by atomic mass is 10.1. The number of carbonyl (C=O) groups is 1. The number of hydrogen-bond donors (Lipinski definition) is 2. The summed E-state index contributed by atoms with van der Waals surface area (Å²) in [7, 11) is 0. The molecule has 1 aliphatic carbocycles. The summed E-state index contributed by atoms with van der Waals surface area (Å²) in [6.07, 6.45) is 2.35. The topological polar surface area (TPSA) is 79.5 Å². The molecule has 1 saturated carbocycles. The molecule has 1 fully saturated rings. The Morgan fingerprint density at radius 3 is 2.46 bits per heavy atom. The molecule has 2 heterocycles. The third-order valence-corrected chi connectivity index (χ3v) is 4.92. The van der Waals surface area contributed by atoms with Crippen LogP contribution in [0.3, 0.4) is 0 Å². The van der Waals surface area contributed by atoms with Gasteiger partial charge in [-0.05, 0) is 37.1 Å². The largest absolute Gasteiger partial charge is 0.478 e. The lowest BCUT2D eigenvalue weighted by molar-refractivity contribution is 0.0697. The molecule has 1 aliphatic rings. The van der Waals surface area contributed by atoms with E-state index in [1.807, 2.05) is 40.9 Å². The van der Waals surface area contributed by atoms with Crippen molar-refractivity contribution >= 4 is 23.1 Å². The van der Waals surface area contributed by atoms with Gasteiger partial charge in [0.05, 0.1) is 17.0 Å². The Hall–Kier alpha value is -3.67. The predicted octanol–water partition coefficient (Wildman–Crippen LogP) is 4.72. The quantitative estimate of drug-likeness (QED) is 0.532. The van der Waals surface area contributed by atoms with E-state index in [-0.39, 0.29) is 5.56 Å². The summed E-state index contributed by atoms with van der Waals surface area (Å²) >= 11 is 0. The molecule has 0 spiro atoms. The predicted molar refractivity (Wildman–Crippen MR) is 107 cm³/mol. The fraction of sp³-hybridized carbons (Fsp3) is 0.136. The van der Waals surface area contributed by atoms with Crippen molar-refractivity contribution in [2.75, 3.05) is 5.32 Å². The van der Waals surface area contributed by atoms with Crippen LogP contribution in [0.2, 0.25) is 0 Å². The van der Waals surface area contributed by atoms with Crippen molar-refractivity contribution in [3.8, 4) is 11.3 Å². The fourth-order valence-electron chi connectivity index (χ4n) is 3.26.